The monoisotopic (exact) mass is 454 g/mol. The number of aryl methyl sites for hydroxylation is 1. The summed E-state index contributed by atoms with van der Waals surface area (Å²) < 4.78 is 38.9. The van der Waals surface area contributed by atoms with E-state index < -0.39 is 30.5 Å². The highest BCUT2D eigenvalue weighted by atomic mass is 32.1. The van der Waals surface area contributed by atoms with E-state index in [1.165, 1.54) is 18.3 Å². The van der Waals surface area contributed by atoms with Gasteiger partial charge in [0.2, 0.25) is 5.95 Å². The molecule has 31 heavy (non-hydrogen) atoms. The molecule has 1 fully saturated rings. The number of alkyl halides is 3. The lowest BCUT2D eigenvalue weighted by Gasteiger charge is -2.30. The summed E-state index contributed by atoms with van der Waals surface area (Å²) in [5.41, 5.74) is 0.200. The van der Waals surface area contributed by atoms with Gasteiger partial charge in [-0.1, -0.05) is 0 Å². The number of nitrogens with zero attached hydrogens (tertiary/aromatic N) is 4. The highest BCUT2D eigenvalue weighted by molar-refractivity contribution is 7.21. The summed E-state index contributed by atoms with van der Waals surface area (Å²) in [5, 5.41) is 26.7. The Kier molecular flexibility index (Phi) is 5.48. The van der Waals surface area contributed by atoms with Crippen LogP contribution in [0.25, 0.3) is 20.8 Å². The number of anilines is 2. The molecule has 1 saturated carbocycles. The van der Waals surface area contributed by atoms with E-state index >= 15 is 0 Å². The molecule has 3 atom stereocenters. The molecule has 3 aromatic heterocycles. The Balaban J connectivity index is 1.77. The lowest BCUT2D eigenvalue weighted by molar-refractivity contribution is -0.115. The lowest BCUT2D eigenvalue weighted by Crippen LogP contribution is -2.47. The summed E-state index contributed by atoms with van der Waals surface area (Å²) in [7, 11) is 0. The van der Waals surface area contributed by atoms with Crippen molar-refractivity contribution in [3.05, 3.63) is 24.2 Å². The predicted molar refractivity (Wildman–Crippen MR) is 111 cm³/mol. The summed E-state index contributed by atoms with van der Waals surface area (Å²) in [6.07, 6.45) is -1.23. The van der Waals surface area contributed by atoms with Crippen molar-refractivity contribution < 1.29 is 23.4 Å². The molecule has 0 radical (unpaired) electrons. The van der Waals surface area contributed by atoms with Gasteiger partial charge in [-0.15, -0.1) is 11.3 Å². The molecule has 0 aliphatic heterocycles. The van der Waals surface area contributed by atoms with Crippen molar-refractivity contribution in [3.8, 4) is 10.6 Å². The second-order valence-electron chi connectivity index (χ2n) is 7.70. The van der Waals surface area contributed by atoms with Gasteiger partial charge in [-0.25, -0.2) is 9.97 Å². The number of rotatable bonds is 5. The Morgan fingerprint density at radius 2 is 2.03 bits per heavy atom. The van der Waals surface area contributed by atoms with Crippen molar-refractivity contribution in [2.24, 2.45) is 0 Å². The molecule has 166 valence electrons. The largest absolute Gasteiger partial charge is 0.405 e. The lowest BCUT2D eigenvalue weighted by atomic mass is 9.98. The average molecular weight is 454 g/mol. The smallest absolute Gasteiger partial charge is 0.390 e. The maximum Gasteiger partial charge on any atom is 0.405 e. The number of fused-ring (bicyclic) bond motifs is 1. The highest BCUT2D eigenvalue weighted by Gasteiger charge is 2.45. The third-order valence-electron chi connectivity index (χ3n) is 5.36. The van der Waals surface area contributed by atoms with E-state index in [-0.39, 0.29) is 11.8 Å². The van der Waals surface area contributed by atoms with Crippen LogP contribution in [-0.2, 0) is 0 Å². The minimum Gasteiger partial charge on any atom is -0.390 e. The Morgan fingerprint density at radius 1 is 1.26 bits per heavy atom. The van der Waals surface area contributed by atoms with Crippen LogP contribution in [0.3, 0.4) is 0 Å². The molecule has 1 aliphatic carbocycles. The molecule has 0 amide bonds. The molecule has 4 N–H and O–H groups in total. The van der Waals surface area contributed by atoms with E-state index in [4.69, 9.17) is 0 Å². The van der Waals surface area contributed by atoms with Gasteiger partial charge in [-0.2, -0.15) is 18.2 Å². The van der Waals surface area contributed by atoms with Crippen LogP contribution in [0, 0.1) is 6.92 Å². The summed E-state index contributed by atoms with van der Waals surface area (Å²) in [6.45, 7) is 1.90. The third kappa shape index (κ3) is 4.41. The number of aromatic nitrogens is 4. The van der Waals surface area contributed by atoms with E-state index in [2.05, 4.69) is 30.6 Å². The standard InChI is InChI=1S/C19H21F3N6O2S/c1-9-14(16-26-10-7-23-6-5-11(10)31-16)15(27-12-3-4-13(29)18(12,2)30)28-17(25-9)24-8-19(20,21)22/h5-7,12-13,29-30H,3-4,8H2,1-2H3,(H2,24,25,27,28)/t12-,13-,18+/m1/s1. The molecule has 0 aromatic carbocycles. The number of hydrogen-bond acceptors (Lipinski definition) is 9. The fourth-order valence-electron chi connectivity index (χ4n) is 3.60. The Morgan fingerprint density at radius 3 is 2.68 bits per heavy atom. The fourth-order valence-corrected chi connectivity index (χ4v) is 4.63. The van der Waals surface area contributed by atoms with Crippen LogP contribution >= 0.6 is 11.3 Å². The molecule has 0 unspecified atom stereocenters. The number of aliphatic hydroxyl groups excluding tert-OH is 1. The Hall–Kier alpha value is -2.57. The average Bonchev–Trinajstić information content (AvgIpc) is 3.21. The second-order valence-corrected chi connectivity index (χ2v) is 8.73. The van der Waals surface area contributed by atoms with Crippen LogP contribution in [0.15, 0.2) is 18.5 Å². The van der Waals surface area contributed by atoms with Gasteiger partial charge >= 0.3 is 6.18 Å². The summed E-state index contributed by atoms with van der Waals surface area (Å²) in [5.74, 6) is 0.0469. The molecule has 1 aliphatic rings. The first-order chi connectivity index (χ1) is 14.5. The molecule has 0 bridgehead atoms. The normalized spacial score (nSPS) is 24.0. The van der Waals surface area contributed by atoms with Crippen molar-refractivity contribution in [1.29, 1.82) is 0 Å². The van der Waals surface area contributed by atoms with Gasteiger partial charge < -0.3 is 20.8 Å². The molecule has 12 heteroatoms. The number of hydrogen-bond donors (Lipinski definition) is 4. The Bertz CT molecular complexity index is 1070. The SMILES string of the molecule is Cc1nc(NCC(F)(F)F)nc(N[C@@H]2CC[C@@H](O)[C@@]2(C)O)c1-c1nc2cnccc2s1. The summed E-state index contributed by atoms with van der Waals surface area (Å²) in [4.78, 5) is 17.1. The van der Waals surface area contributed by atoms with Crippen LogP contribution < -0.4 is 10.6 Å². The number of nitrogens with one attached hydrogen (secondary N) is 2. The number of halogens is 3. The van der Waals surface area contributed by atoms with Gasteiger partial charge in [-0.05, 0) is 32.8 Å². The molecular formula is C19H21F3N6O2S. The zero-order chi connectivity index (χ0) is 22.4. The molecule has 3 heterocycles. The fraction of sp³-hybridized carbons (Fsp3) is 0.474. The zero-order valence-corrected chi connectivity index (χ0v) is 17.5. The number of aliphatic hydroxyl groups is 2. The first kappa shape index (κ1) is 21.7. The maximum absolute atomic E-state index is 12.7. The van der Waals surface area contributed by atoms with E-state index in [0.717, 1.165) is 4.70 Å². The van der Waals surface area contributed by atoms with Crippen molar-refractivity contribution in [1.82, 2.24) is 19.9 Å². The van der Waals surface area contributed by atoms with Crippen LogP contribution in [0.1, 0.15) is 25.5 Å². The molecule has 0 saturated heterocycles. The second kappa shape index (κ2) is 7.84. The van der Waals surface area contributed by atoms with Crippen molar-refractivity contribution in [2.75, 3.05) is 17.2 Å². The summed E-state index contributed by atoms with van der Waals surface area (Å²) >= 11 is 1.38. The minimum atomic E-state index is -4.43. The van der Waals surface area contributed by atoms with Crippen molar-refractivity contribution in [3.63, 3.8) is 0 Å². The van der Waals surface area contributed by atoms with E-state index in [1.807, 2.05) is 6.07 Å². The van der Waals surface area contributed by atoms with Crippen LogP contribution in [0.5, 0.6) is 0 Å². The van der Waals surface area contributed by atoms with E-state index in [0.29, 0.717) is 34.6 Å². The quantitative estimate of drug-likeness (QED) is 0.465. The van der Waals surface area contributed by atoms with Gasteiger partial charge in [0.25, 0.3) is 0 Å². The molecule has 8 nitrogen and oxygen atoms in total. The Labute approximate surface area is 179 Å². The number of thiazole rings is 1. The molecule has 0 spiro atoms. The van der Waals surface area contributed by atoms with Gasteiger partial charge in [0.1, 0.15) is 28.5 Å². The van der Waals surface area contributed by atoms with Gasteiger partial charge in [-0.3, -0.25) is 4.98 Å². The molecule has 4 rings (SSSR count). The van der Waals surface area contributed by atoms with Gasteiger partial charge in [0.15, 0.2) is 0 Å². The highest BCUT2D eigenvalue weighted by Crippen LogP contribution is 2.39. The van der Waals surface area contributed by atoms with Crippen LogP contribution in [0.2, 0.25) is 0 Å². The first-order valence-electron chi connectivity index (χ1n) is 9.62. The van der Waals surface area contributed by atoms with Crippen LogP contribution in [-0.4, -0.2) is 60.6 Å². The maximum atomic E-state index is 12.7. The van der Waals surface area contributed by atoms with Crippen LogP contribution in [0.4, 0.5) is 24.9 Å². The van der Waals surface area contributed by atoms with Crippen molar-refractivity contribution in [2.45, 2.75) is 50.6 Å². The van der Waals surface area contributed by atoms with Gasteiger partial charge in [0.05, 0.1) is 34.3 Å². The zero-order valence-electron chi connectivity index (χ0n) is 16.7. The topological polar surface area (TPSA) is 116 Å². The minimum absolute atomic E-state index is 0.193. The third-order valence-corrected chi connectivity index (χ3v) is 6.41. The summed E-state index contributed by atoms with van der Waals surface area (Å²) in [6, 6.07) is 1.26. The molecular weight excluding hydrogens is 433 g/mol. The van der Waals surface area contributed by atoms with Crippen molar-refractivity contribution >= 4 is 33.3 Å². The van der Waals surface area contributed by atoms with Gasteiger partial charge in [0, 0.05) is 6.20 Å². The van der Waals surface area contributed by atoms with E-state index in [9.17, 15) is 23.4 Å². The predicted octanol–water partition coefficient (Wildman–Crippen LogP) is 3.12. The first-order valence-corrected chi connectivity index (χ1v) is 10.4. The molecule has 3 aromatic rings. The number of pyridine rings is 1. The van der Waals surface area contributed by atoms with E-state index in [1.54, 1.807) is 19.3 Å².